The van der Waals surface area contributed by atoms with Gasteiger partial charge in [0.1, 0.15) is 24.0 Å². The number of hydrogen-bond acceptors (Lipinski definition) is 7. The molecule has 0 spiro atoms. The molecule has 1 aromatic carbocycles. The number of nitrogens with one attached hydrogen (secondary N) is 1. The monoisotopic (exact) mass is 434 g/mol. The Kier molecular flexibility index (Phi) is 4.69. The molecule has 148 valence electrons. The quantitative estimate of drug-likeness (QED) is 0.457. The maximum atomic E-state index is 13.0. The number of carbonyl (C=O) groups is 1. The molecule has 4 aromatic heterocycles. The van der Waals surface area contributed by atoms with Crippen molar-refractivity contribution in [2.24, 2.45) is 0 Å². The van der Waals surface area contributed by atoms with Crippen LogP contribution in [-0.4, -0.2) is 30.2 Å². The average Bonchev–Trinajstić information content (AvgIpc) is 3.52. The van der Waals surface area contributed by atoms with E-state index in [1.165, 1.54) is 28.6 Å². The smallest absolute Gasteiger partial charge is 0.263 e. The number of aromatic nitrogens is 5. The van der Waals surface area contributed by atoms with Gasteiger partial charge in [0.05, 0.1) is 17.4 Å². The van der Waals surface area contributed by atoms with Gasteiger partial charge in [-0.15, -0.1) is 22.7 Å². The first-order chi connectivity index (χ1) is 14.7. The Morgan fingerprint density at radius 1 is 1.10 bits per heavy atom. The van der Waals surface area contributed by atoms with Crippen molar-refractivity contribution in [1.82, 2.24) is 24.3 Å². The van der Waals surface area contributed by atoms with E-state index in [0.29, 0.717) is 15.9 Å². The lowest BCUT2D eigenvalue weighted by atomic mass is 10.2. The van der Waals surface area contributed by atoms with Crippen molar-refractivity contribution in [3.63, 3.8) is 0 Å². The van der Waals surface area contributed by atoms with Crippen LogP contribution in [0.15, 0.2) is 70.9 Å². The zero-order chi connectivity index (χ0) is 20.5. The third-order valence-corrected chi connectivity index (χ3v) is 6.29. The van der Waals surface area contributed by atoms with Gasteiger partial charge < -0.3 is 5.32 Å². The molecule has 0 atom stereocenters. The molecule has 0 radical (unpaired) electrons. The Bertz CT molecular complexity index is 1370. The van der Waals surface area contributed by atoms with Crippen LogP contribution in [0.2, 0.25) is 0 Å². The summed E-state index contributed by atoms with van der Waals surface area (Å²) in [5.41, 5.74) is 2.10. The summed E-state index contributed by atoms with van der Waals surface area (Å²) >= 11 is 2.99. The van der Waals surface area contributed by atoms with Gasteiger partial charge in [0, 0.05) is 21.5 Å². The molecule has 0 aliphatic heterocycles. The van der Waals surface area contributed by atoms with E-state index < -0.39 is 0 Å². The maximum absolute atomic E-state index is 13.0. The highest BCUT2D eigenvalue weighted by molar-refractivity contribution is 7.18. The van der Waals surface area contributed by atoms with Gasteiger partial charge in [-0.1, -0.05) is 6.07 Å². The lowest BCUT2D eigenvalue weighted by Gasteiger charge is -2.08. The molecule has 5 aromatic rings. The number of rotatable bonds is 5. The largest absolute Gasteiger partial charge is 0.325 e. The Labute approximate surface area is 178 Å². The summed E-state index contributed by atoms with van der Waals surface area (Å²) in [6, 6.07) is 11.1. The van der Waals surface area contributed by atoms with Crippen LogP contribution in [0.1, 0.15) is 0 Å². The molecule has 1 amide bonds. The van der Waals surface area contributed by atoms with Gasteiger partial charge in [0.15, 0.2) is 0 Å². The summed E-state index contributed by atoms with van der Waals surface area (Å²) in [6.07, 6.45) is 4.47. The van der Waals surface area contributed by atoms with Crippen molar-refractivity contribution in [2.75, 3.05) is 5.32 Å². The van der Waals surface area contributed by atoms with Gasteiger partial charge >= 0.3 is 0 Å². The van der Waals surface area contributed by atoms with E-state index in [2.05, 4.69) is 20.4 Å². The molecular weight excluding hydrogens is 420 g/mol. The van der Waals surface area contributed by atoms with Gasteiger partial charge in [0.25, 0.3) is 5.56 Å². The van der Waals surface area contributed by atoms with Crippen LogP contribution in [0.4, 0.5) is 5.69 Å². The fourth-order valence-corrected chi connectivity index (χ4v) is 4.81. The van der Waals surface area contributed by atoms with Crippen LogP contribution in [-0.2, 0) is 11.3 Å². The molecule has 4 heterocycles. The number of thiophene rings is 2. The van der Waals surface area contributed by atoms with E-state index in [0.717, 1.165) is 16.1 Å². The van der Waals surface area contributed by atoms with Gasteiger partial charge in [-0.25, -0.2) is 14.6 Å². The zero-order valence-electron chi connectivity index (χ0n) is 15.4. The summed E-state index contributed by atoms with van der Waals surface area (Å²) in [7, 11) is 0. The number of carbonyl (C=O) groups excluding carboxylic acids is 1. The van der Waals surface area contributed by atoms with Gasteiger partial charge in [0.2, 0.25) is 5.91 Å². The Morgan fingerprint density at radius 3 is 2.70 bits per heavy atom. The van der Waals surface area contributed by atoms with Crippen LogP contribution in [0.5, 0.6) is 0 Å². The highest BCUT2D eigenvalue weighted by atomic mass is 32.1. The molecule has 5 rings (SSSR count). The third-order valence-electron chi connectivity index (χ3n) is 4.50. The maximum Gasteiger partial charge on any atom is 0.263 e. The minimum absolute atomic E-state index is 0.119. The summed E-state index contributed by atoms with van der Waals surface area (Å²) in [4.78, 5) is 35.5. The summed E-state index contributed by atoms with van der Waals surface area (Å²) < 4.78 is 2.96. The second-order valence-corrected chi connectivity index (χ2v) is 8.23. The van der Waals surface area contributed by atoms with Gasteiger partial charge in [-0.05, 0) is 35.7 Å². The first-order valence-corrected chi connectivity index (χ1v) is 10.7. The van der Waals surface area contributed by atoms with E-state index in [9.17, 15) is 9.59 Å². The second kappa shape index (κ2) is 7.65. The minimum atomic E-state index is -0.306. The van der Waals surface area contributed by atoms with Crippen LogP contribution >= 0.6 is 22.7 Å². The van der Waals surface area contributed by atoms with E-state index in [-0.39, 0.29) is 18.0 Å². The van der Waals surface area contributed by atoms with E-state index in [4.69, 9.17) is 0 Å². The fourth-order valence-electron chi connectivity index (χ4n) is 3.09. The highest BCUT2D eigenvalue weighted by Gasteiger charge is 2.15. The number of nitrogens with zero attached hydrogens (tertiary/aromatic N) is 5. The molecule has 0 saturated heterocycles. The number of benzene rings is 1. The average molecular weight is 435 g/mol. The number of anilines is 1. The van der Waals surface area contributed by atoms with Gasteiger partial charge in [-0.2, -0.15) is 5.10 Å². The summed E-state index contributed by atoms with van der Waals surface area (Å²) in [5, 5.41) is 11.3. The molecule has 0 saturated carbocycles. The molecular formula is C20H14N6O2S2. The van der Waals surface area contributed by atoms with E-state index >= 15 is 0 Å². The fraction of sp³-hybridized carbons (Fsp3) is 0.0500. The standard InChI is InChI=1S/C20H14N6O2S2/c27-17(24-13-3-5-14(6-4-13)26-11-21-10-23-26)8-25-12-22-19-18(20(25)28)15(9-30-19)16-2-1-7-29-16/h1-7,9-12H,8H2,(H,24,27). The predicted molar refractivity (Wildman–Crippen MR) is 117 cm³/mol. The van der Waals surface area contributed by atoms with Crippen molar-refractivity contribution in [2.45, 2.75) is 6.54 Å². The topological polar surface area (TPSA) is 94.7 Å². The number of hydrogen-bond donors (Lipinski definition) is 1. The lowest BCUT2D eigenvalue weighted by Crippen LogP contribution is -2.27. The Hall–Kier alpha value is -3.63. The summed E-state index contributed by atoms with van der Waals surface area (Å²) in [5.74, 6) is -0.306. The van der Waals surface area contributed by atoms with Crippen molar-refractivity contribution < 1.29 is 4.79 Å². The third kappa shape index (κ3) is 3.42. The first-order valence-electron chi connectivity index (χ1n) is 8.94. The highest BCUT2D eigenvalue weighted by Crippen LogP contribution is 2.33. The van der Waals surface area contributed by atoms with Crippen LogP contribution in [0.3, 0.4) is 0 Å². The van der Waals surface area contributed by atoms with E-state index in [1.807, 2.05) is 35.0 Å². The normalized spacial score (nSPS) is 11.1. The lowest BCUT2D eigenvalue weighted by molar-refractivity contribution is -0.116. The van der Waals surface area contributed by atoms with Gasteiger partial charge in [-0.3, -0.25) is 14.2 Å². The summed E-state index contributed by atoms with van der Waals surface area (Å²) in [6.45, 7) is -0.119. The first kappa shape index (κ1) is 18.4. The number of amides is 1. The molecule has 0 bridgehead atoms. The van der Waals surface area contributed by atoms with Crippen LogP contribution < -0.4 is 10.9 Å². The van der Waals surface area contributed by atoms with Crippen molar-refractivity contribution >= 4 is 44.5 Å². The second-order valence-electron chi connectivity index (χ2n) is 6.42. The van der Waals surface area contributed by atoms with Crippen LogP contribution in [0.25, 0.3) is 26.3 Å². The van der Waals surface area contributed by atoms with Crippen molar-refractivity contribution in [3.05, 3.63) is 76.5 Å². The molecule has 1 N–H and O–H groups in total. The zero-order valence-corrected chi connectivity index (χ0v) is 17.1. The number of fused-ring (bicyclic) bond motifs is 1. The van der Waals surface area contributed by atoms with Crippen LogP contribution in [0, 0.1) is 0 Å². The van der Waals surface area contributed by atoms with Crippen molar-refractivity contribution in [1.29, 1.82) is 0 Å². The molecule has 0 aliphatic carbocycles. The van der Waals surface area contributed by atoms with E-state index in [1.54, 1.807) is 34.5 Å². The molecule has 8 nitrogen and oxygen atoms in total. The molecule has 10 heteroatoms. The SMILES string of the molecule is O=C(Cn1cnc2scc(-c3cccs3)c2c1=O)Nc1ccc(-n2cncn2)cc1. The molecule has 0 aliphatic rings. The molecule has 0 fully saturated rings. The Balaban J connectivity index is 1.36. The Morgan fingerprint density at radius 2 is 1.97 bits per heavy atom. The molecule has 0 unspecified atom stereocenters. The van der Waals surface area contributed by atoms with Crippen molar-refractivity contribution in [3.8, 4) is 16.1 Å². The predicted octanol–water partition coefficient (Wildman–Crippen LogP) is 3.41. The molecule has 30 heavy (non-hydrogen) atoms. The minimum Gasteiger partial charge on any atom is -0.325 e.